The maximum atomic E-state index is 12.2. The van der Waals surface area contributed by atoms with Crippen LogP contribution in [0.15, 0.2) is 29.2 Å². The summed E-state index contributed by atoms with van der Waals surface area (Å²) < 4.78 is 30.8. The Morgan fingerprint density at radius 2 is 1.95 bits per heavy atom. The third-order valence-corrected chi connectivity index (χ3v) is 4.13. The number of aliphatic carboxylic acids is 1. The SMILES string of the molecule is COC(=O)c1ccccc1S(=O)(=O)NC(CCO)C(=O)O. The number of methoxy groups -OCH3 is 1. The Kier molecular flexibility index (Phi) is 5.82. The zero-order chi connectivity index (χ0) is 16.0. The number of carboxylic acids is 1. The van der Waals surface area contributed by atoms with E-state index in [0.29, 0.717) is 0 Å². The van der Waals surface area contributed by atoms with Gasteiger partial charge < -0.3 is 14.9 Å². The molecule has 9 heteroatoms. The smallest absolute Gasteiger partial charge is 0.339 e. The summed E-state index contributed by atoms with van der Waals surface area (Å²) in [5.41, 5.74) is -0.208. The van der Waals surface area contributed by atoms with Crippen molar-refractivity contribution in [3.05, 3.63) is 29.8 Å². The van der Waals surface area contributed by atoms with Gasteiger partial charge in [-0.3, -0.25) is 4.79 Å². The molecule has 8 nitrogen and oxygen atoms in total. The van der Waals surface area contributed by atoms with E-state index in [1.165, 1.54) is 18.2 Å². The van der Waals surface area contributed by atoms with Crippen molar-refractivity contribution in [2.45, 2.75) is 17.4 Å². The predicted molar refractivity (Wildman–Crippen MR) is 71.2 cm³/mol. The van der Waals surface area contributed by atoms with E-state index in [2.05, 4.69) is 4.74 Å². The quantitative estimate of drug-likeness (QED) is 0.583. The van der Waals surface area contributed by atoms with Crippen molar-refractivity contribution in [2.75, 3.05) is 13.7 Å². The number of sulfonamides is 1. The minimum absolute atomic E-state index is 0.208. The molecule has 1 rings (SSSR count). The van der Waals surface area contributed by atoms with E-state index in [1.807, 2.05) is 4.72 Å². The number of carbonyl (C=O) groups excluding carboxylic acids is 1. The highest BCUT2D eigenvalue weighted by Gasteiger charge is 2.28. The first-order valence-electron chi connectivity index (χ1n) is 5.86. The van der Waals surface area contributed by atoms with E-state index in [1.54, 1.807) is 0 Å². The van der Waals surface area contributed by atoms with Crippen molar-refractivity contribution < 1.29 is 33.0 Å². The number of hydrogen-bond acceptors (Lipinski definition) is 6. The van der Waals surface area contributed by atoms with Crippen LogP contribution in [0.5, 0.6) is 0 Å². The van der Waals surface area contributed by atoms with E-state index < -0.39 is 34.6 Å². The van der Waals surface area contributed by atoms with Crippen LogP contribution < -0.4 is 4.72 Å². The molecule has 0 bridgehead atoms. The molecule has 0 radical (unpaired) electrons. The third kappa shape index (κ3) is 4.25. The lowest BCUT2D eigenvalue weighted by Crippen LogP contribution is -2.41. The Morgan fingerprint density at radius 3 is 2.48 bits per heavy atom. The minimum Gasteiger partial charge on any atom is -0.480 e. The molecule has 0 aliphatic carbocycles. The molecule has 0 fully saturated rings. The zero-order valence-electron chi connectivity index (χ0n) is 11.1. The van der Waals surface area contributed by atoms with Crippen LogP contribution in [0.2, 0.25) is 0 Å². The Balaban J connectivity index is 3.19. The molecule has 0 spiro atoms. The molecule has 1 aromatic carbocycles. The standard InChI is InChI=1S/C12H15NO7S/c1-20-12(17)8-4-2-3-5-10(8)21(18,19)13-9(6-7-14)11(15)16/h2-5,9,13-14H,6-7H2,1H3,(H,15,16). The monoisotopic (exact) mass is 317 g/mol. The summed E-state index contributed by atoms with van der Waals surface area (Å²) in [5, 5.41) is 17.7. The molecule has 0 aliphatic heterocycles. The van der Waals surface area contributed by atoms with Gasteiger partial charge in [-0.1, -0.05) is 12.1 Å². The molecule has 1 aromatic rings. The van der Waals surface area contributed by atoms with Crippen LogP contribution in [0.4, 0.5) is 0 Å². The fraction of sp³-hybridized carbons (Fsp3) is 0.333. The van der Waals surface area contributed by atoms with Gasteiger partial charge in [-0.15, -0.1) is 0 Å². The number of benzene rings is 1. The van der Waals surface area contributed by atoms with Crippen LogP contribution >= 0.6 is 0 Å². The maximum absolute atomic E-state index is 12.2. The Bertz CT molecular complexity index is 626. The van der Waals surface area contributed by atoms with Crippen LogP contribution in [-0.4, -0.2) is 50.3 Å². The number of ether oxygens (including phenoxy) is 1. The van der Waals surface area contributed by atoms with Crippen molar-refractivity contribution in [1.29, 1.82) is 0 Å². The van der Waals surface area contributed by atoms with E-state index in [4.69, 9.17) is 10.2 Å². The second-order valence-electron chi connectivity index (χ2n) is 4.01. The minimum atomic E-state index is -4.26. The van der Waals surface area contributed by atoms with Gasteiger partial charge in [0.2, 0.25) is 10.0 Å². The summed E-state index contributed by atoms with van der Waals surface area (Å²) in [7, 11) is -3.15. The lowest BCUT2D eigenvalue weighted by molar-refractivity contribution is -0.139. The highest BCUT2D eigenvalue weighted by molar-refractivity contribution is 7.89. The van der Waals surface area contributed by atoms with E-state index in [0.717, 1.165) is 13.2 Å². The molecule has 0 saturated carbocycles. The number of aliphatic hydroxyl groups is 1. The van der Waals surface area contributed by atoms with Gasteiger partial charge in [0.25, 0.3) is 0 Å². The van der Waals surface area contributed by atoms with Crippen molar-refractivity contribution in [3.63, 3.8) is 0 Å². The van der Waals surface area contributed by atoms with E-state index >= 15 is 0 Å². The van der Waals surface area contributed by atoms with Crippen molar-refractivity contribution in [2.24, 2.45) is 0 Å². The summed E-state index contributed by atoms with van der Waals surface area (Å²) in [6.45, 7) is -0.502. The number of esters is 1. The predicted octanol–water partition coefficient (Wildman–Crippen LogP) is -0.413. The Morgan fingerprint density at radius 1 is 1.33 bits per heavy atom. The fourth-order valence-corrected chi connectivity index (χ4v) is 3.01. The first kappa shape index (κ1) is 17.1. The van der Waals surface area contributed by atoms with Crippen LogP contribution in [0.25, 0.3) is 0 Å². The largest absolute Gasteiger partial charge is 0.480 e. The second-order valence-corrected chi connectivity index (χ2v) is 5.69. The first-order chi connectivity index (χ1) is 9.83. The molecule has 3 N–H and O–H groups in total. The Hall–Kier alpha value is -1.97. The van der Waals surface area contributed by atoms with Gasteiger partial charge in [0.15, 0.2) is 0 Å². The number of hydrogen-bond donors (Lipinski definition) is 3. The number of rotatable bonds is 7. The summed E-state index contributed by atoms with van der Waals surface area (Å²) in [6.07, 6.45) is -0.297. The number of nitrogens with one attached hydrogen (secondary N) is 1. The van der Waals surface area contributed by atoms with Gasteiger partial charge in [0.1, 0.15) is 6.04 Å². The van der Waals surface area contributed by atoms with Crippen molar-refractivity contribution >= 4 is 22.0 Å². The summed E-state index contributed by atoms with van der Waals surface area (Å²) >= 11 is 0. The average Bonchev–Trinajstić information content (AvgIpc) is 2.45. The van der Waals surface area contributed by atoms with Crippen LogP contribution in [0, 0.1) is 0 Å². The van der Waals surface area contributed by atoms with Crippen molar-refractivity contribution in [3.8, 4) is 0 Å². The van der Waals surface area contributed by atoms with Gasteiger partial charge in [-0.25, -0.2) is 13.2 Å². The van der Waals surface area contributed by atoms with Gasteiger partial charge in [0.05, 0.1) is 17.6 Å². The van der Waals surface area contributed by atoms with Crippen LogP contribution in [0.3, 0.4) is 0 Å². The van der Waals surface area contributed by atoms with Gasteiger partial charge in [-0.05, 0) is 18.6 Å². The number of carbonyl (C=O) groups is 2. The molecular weight excluding hydrogens is 302 g/mol. The van der Waals surface area contributed by atoms with Gasteiger partial charge in [-0.2, -0.15) is 4.72 Å². The van der Waals surface area contributed by atoms with Gasteiger partial charge in [0, 0.05) is 6.61 Å². The highest BCUT2D eigenvalue weighted by atomic mass is 32.2. The molecule has 0 aliphatic rings. The molecule has 1 atom stereocenters. The van der Waals surface area contributed by atoms with Gasteiger partial charge >= 0.3 is 11.9 Å². The molecule has 116 valence electrons. The average molecular weight is 317 g/mol. The first-order valence-corrected chi connectivity index (χ1v) is 7.35. The second kappa shape index (κ2) is 7.16. The molecule has 21 heavy (non-hydrogen) atoms. The summed E-state index contributed by atoms with van der Waals surface area (Å²) in [4.78, 5) is 22.1. The molecular formula is C12H15NO7S. The zero-order valence-corrected chi connectivity index (χ0v) is 12.0. The normalized spacial score (nSPS) is 12.7. The fourth-order valence-electron chi connectivity index (χ4n) is 1.59. The van der Waals surface area contributed by atoms with Crippen LogP contribution in [0.1, 0.15) is 16.8 Å². The third-order valence-electron chi connectivity index (χ3n) is 2.60. The van der Waals surface area contributed by atoms with Crippen molar-refractivity contribution in [1.82, 2.24) is 4.72 Å². The van der Waals surface area contributed by atoms with E-state index in [-0.39, 0.29) is 16.9 Å². The molecule has 0 heterocycles. The Labute approximate surface area is 121 Å². The molecule has 0 amide bonds. The highest BCUT2D eigenvalue weighted by Crippen LogP contribution is 2.17. The summed E-state index contributed by atoms with van der Waals surface area (Å²) in [5.74, 6) is -2.28. The molecule has 0 aromatic heterocycles. The molecule has 0 saturated heterocycles. The number of carboxylic acid groups (broad SMARTS) is 1. The molecule has 1 unspecified atom stereocenters. The maximum Gasteiger partial charge on any atom is 0.339 e. The number of aliphatic hydroxyl groups excluding tert-OH is 1. The van der Waals surface area contributed by atoms with Crippen LogP contribution in [-0.2, 0) is 19.6 Å². The lowest BCUT2D eigenvalue weighted by atomic mass is 10.2. The van der Waals surface area contributed by atoms with E-state index in [9.17, 15) is 18.0 Å². The summed E-state index contributed by atoms with van der Waals surface area (Å²) in [6, 6.07) is 3.76. The topological polar surface area (TPSA) is 130 Å². The lowest BCUT2D eigenvalue weighted by Gasteiger charge is -2.15.